The van der Waals surface area contributed by atoms with E-state index in [9.17, 15) is 9.59 Å². The van der Waals surface area contributed by atoms with E-state index in [4.69, 9.17) is 0 Å². The standard InChI is InChI=1S/C19H22N4O2/c24-18(14-6-2-1-3-7-14)22-10-12-23(13-11-22)19(25)17-15-8-4-5-9-16(15)20-21-17/h1-2,4-5,8-9,14H,3,6-7,10-13H2,(H,20,21)/t14-/m0/s1. The summed E-state index contributed by atoms with van der Waals surface area (Å²) in [6.45, 7) is 2.34. The number of hydrogen-bond donors (Lipinski definition) is 1. The number of aromatic nitrogens is 2. The van der Waals surface area contributed by atoms with E-state index in [-0.39, 0.29) is 17.7 Å². The lowest BCUT2D eigenvalue weighted by Crippen LogP contribution is -2.52. The molecule has 1 aromatic carbocycles. The molecule has 6 heteroatoms. The average Bonchev–Trinajstić information content (AvgIpc) is 3.12. The molecule has 0 saturated carbocycles. The number of piperazine rings is 1. The molecule has 1 aromatic heterocycles. The van der Waals surface area contributed by atoms with Crippen LogP contribution in [0, 0.1) is 5.92 Å². The molecular weight excluding hydrogens is 316 g/mol. The van der Waals surface area contributed by atoms with Crippen LogP contribution in [0.2, 0.25) is 0 Å². The number of rotatable bonds is 2. The average molecular weight is 338 g/mol. The van der Waals surface area contributed by atoms with Crippen molar-refractivity contribution in [1.29, 1.82) is 0 Å². The van der Waals surface area contributed by atoms with Gasteiger partial charge in [-0.3, -0.25) is 14.7 Å². The predicted molar refractivity (Wildman–Crippen MR) is 95.1 cm³/mol. The zero-order valence-corrected chi connectivity index (χ0v) is 14.1. The maximum atomic E-state index is 12.8. The van der Waals surface area contributed by atoms with E-state index in [2.05, 4.69) is 22.3 Å². The van der Waals surface area contributed by atoms with Gasteiger partial charge in [0.05, 0.1) is 5.52 Å². The summed E-state index contributed by atoms with van der Waals surface area (Å²) in [7, 11) is 0. The first-order valence-corrected chi connectivity index (χ1v) is 8.90. The monoisotopic (exact) mass is 338 g/mol. The smallest absolute Gasteiger partial charge is 0.275 e. The fourth-order valence-electron chi connectivity index (χ4n) is 3.68. The number of allylic oxidation sites excluding steroid dienone is 2. The molecule has 1 aliphatic heterocycles. The van der Waals surface area contributed by atoms with Gasteiger partial charge in [0.2, 0.25) is 5.91 Å². The van der Waals surface area contributed by atoms with Gasteiger partial charge >= 0.3 is 0 Å². The number of hydrogen-bond acceptors (Lipinski definition) is 3. The maximum Gasteiger partial charge on any atom is 0.275 e. The van der Waals surface area contributed by atoms with Crippen LogP contribution in [-0.4, -0.2) is 58.0 Å². The van der Waals surface area contributed by atoms with E-state index in [1.807, 2.05) is 29.2 Å². The van der Waals surface area contributed by atoms with Crippen molar-refractivity contribution in [3.8, 4) is 0 Å². The molecule has 1 aliphatic carbocycles. The third-order valence-corrected chi connectivity index (χ3v) is 5.17. The molecular formula is C19H22N4O2. The van der Waals surface area contributed by atoms with E-state index in [0.29, 0.717) is 31.9 Å². The van der Waals surface area contributed by atoms with Gasteiger partial charge in [0.15, 0.2) is 5.69 Å². The number of aromatic amines is 1. The number of benzene rings is 1. The number of nitrogens with zero attached hydrogens (tertiary/aromatic N) is 3. The summed E-state index contributed by atoms with van der Waals surface area (Å²) >= 11 is 0. The first-order valence-electron chi connectivity index (χ1n) is 8.90. The molecule has 6 nitrogen and oxygen atoms in total. The van der Waals surface area contributed by atoms with E-state index in [1.165, 1.54) is 0 Å². The first-order chi connectivity index (χ1) is 12.2. The molecule has 1 N–H and O–H groups in total. The van der Waals surface area contributed by atoms with E-state index in [1.54, 1.807) is 4.90 Å². The van der Waals surface area contributed by atoms with Crippen LogP contribution in [0.4, 0.5) is 0 Å². The molecule has 2 aromatic rings. The fraction of sp³-hybridized carbons (Fsp3) is 0.421. The lowest BCUT2D eigenvalue weighted by atomic mass is 9.93. The van der Waals surface area contributed by atoms with Crippen LogP contribution in [0.5, 0.6) is 0 Å². The van der Waals surface area contributed by atoms with Gasteiger partial charge in [-0.25, -0.2) is 0 Å². The van der Waals surface area contributed by atoms with Crippen LogP contribution in [0.25, 0.3) is 10.9 Å². The van der Waals surface area contributed by atoms with Crippen molar-refractivity contribution in [3.63, 3.8) is 0 Å². The molecule has 25 heavy (non-hydrogen) atoms. The minimum absolute atomic E-state index is 0.0647. The van der Waals surface area contributed by atoms with Crippen molar-refractivity contribution in [2.24, 2.45) is 5.92 Å². The Morgan fingerprint density at radius 1 is 1.04 bits per heavy atom. The lowest BCUT2D eigenvalue weighted by molar-refractivity contribution is -0.137. The molecule has 1 fully saturated rings. The lowest BCUT2D eigenvalue weighted by Gasteiger charge is -2.36. The van der Waals surface area contributed by atoms with Crippen LogP contribution < -0.4 is 0 Å². The van der Waals surface area contributed by atoms with Crippen molar-refractivity contribution in [3.05, 3.63) is 42.1 Å². The Balaban J connectivity index is 1.40. The van der Waals surface area contributed by atoms with Crippen LogP contribution in [-0.2, 0) is 4.79 Å². The molecule has 0 radical (unpaired) electrons. The predicted octanol–water partition coefficient (Wildman–Crippen LogP) is 2.20. The van der Waals surface area contributed by atoms with E-state index < -0.39 is 0 Å². The van der Waals surface area contributed by atoms with Gasteiger partial charge < -0.3 is 9.80 Å². The van der Waals surface area contributed by atoms with Gasteiger partial charge in [-0.1, -0.05) is 30.4 Å². The van der Waals surface area contributed by atoms with Gasteiger partial charge in [-0.15, -0.1) is 0 Å². The van der Waals surface area contributed by atoms with Crippen molar-refractivity contribution in [2.45, 2.75) is 19.3 Å². The van der Waals surface area contributed by atoms with E-state index in [0.717, 1.165) is 30.2 Å². The SMILES string of the molecule is O=C(c1n[nH]c2ccccc12)N1CCN(C(=O)[C@H]2CC=CCC2)CC1. The minimum atomic E-state index is -0.0647. The number of nitrogens with one attached hydrogen (secondary N) is 1. The quantitative estimate of drug-likeness (QED) is 0.854. The molecule has 0 bridgehead atoms. The highest BCUT2D eigenvalue weighted by Gasteiger charge is 2.30. The molecule has 130 valence electrons. The van der Waals surface area contributed by atoms with Gasteiger partial charge in [0.1, 0.15) is 0 Å². The molecule has 2 amide bonds. The summed E-state index contributed by atoms with van der Waals surface area (Å²) in [6, 6.07) is 7.64. The summed E-state index contributed by atoms with van der Waals surface area (Å²) in [5.41, 5.74) is 1.33. The Morgan fingerprint density at radius 3 is 2.56 bits per heavy atom. The maximum absolute atomic E-state index is 12.8. The van der Waals surface area contributed by atoms with Crippen molar-refractivity contribution < 1.29 is 9.59 Å². The van der Waals surface area contributed by atoms with Crippen molar-refractivity contribution in [2.75, 3.05) is 26.2 Å². The summed E-state index contributed by atoms with van der Waals surface area (Å²) in [6.07, 6.45) is 7.02. The molecule has 1 saturated heterocycles. The number of para-hydroxylation sites is 1. The second-order valence-corrected chi connectivity index (χ2v) is 6.72. The van der Waals surface area contributed by atoms with Crippen LogP contribution in [0.15, 0.2) is 36.4 Å². The highest BCUT2D eigenvalue weighted by molar-refractivity contribution is 6.04. The minimum Gasteiger partial charge on any atom is -0.339 e. The van der Waals surface area contributed by atoms with Crippen molar-refractivity contribution >= 4 is 22.7 Å². The van der Waals surface area contributed by atoms with E-state index >= 15 is 0 Å². The second kappa shape index (κ2) is 6.70. The number of carbonyl (C=O) groups excluding carboxylic acids is 2. The van der Waals surface area contributed by atoms with Gasteiger partial charge in [-0.05, 0) is 25.3 Å². The summed E-state index contributed by atoms with van der Waals surface area (Å²) in [5, 5.41) is 7.95. The Morgan fingerprint density at radius 2 is 1.80 bits per heavy atom. The molecule has 1 atom stereocenters. The summed E-state index contributed by atoms with van der Waals surface area (Å²) in [4.78, 5) is 29.1. The first kappa shape index (κ1) is 15.9. The molecule has 0 unspecified atom stereocenters. The number of amides is 2. The normalized spacial score (nSPS) is 20.9. The zero-order chi connectivity index (χ0) is 17.2. The number of carbonyl (C=O) groups is 2. The highest BCUT2D eigenvalue weighted by Crippen LogP contribution is 2.22. The summed E-state index contributed by atoms with van der Waals surface area (Å²) < 4.78 is 0. The molecule has 0 spiro atoms. The fourth-order valence-corrected chi connectivity index (χ4v) is 3.68. The van der Waals surface area contributed by atoms with Crippen LogP contribution >= 0.6 is 0 Å². The highest BCUT2D eigenvalue weighted by atomic mass is 16.2. The van der Waals surface area contributed by atoms with Crippen LogP contribution in [0.1, 0.15) is 29.8 Å². The Kier molecular flexibility index (Phi) is 4.26. The zero-order valence-electron chi connectivity index (χ0n) is 14.1. The second-order valence-electron chi connectivity index (χ2n) is 6.72. The van der Waals surface area contributed by atoms with Crippen LogP contribution in [0.3, 0.4) is 0 Å². The largest absolute Gasteiger partial charge is 0.339 e. The third-order valence-electron chi connectivity index (χ3n) is 5.17. The Labute approximate surface area is 146 Å². The van der Waals surface area contributed by atoms with Gasteiger partial charge in [-0.2, -0.15) is 5.10 Å². The summed E-state index contributed by atoms with van der Waals surface area (Å²) in [5.74, 6) is 0.286. The number of H-pyrrole nitrogens is 1. The molecule has 2 aliphatic rings. The Bertz CT molecular complexity index is 818. The van der Waals surface area contributed by atoms with Gasteiger partial charge in [0, 0.05) is 37.5 Å². The third kappa shape index (κ3) is 3.04. The Hall–Kier alpha value is -2.63. The van der Waals surface area contributed by atoms with Gasteiger partial charge in [0.25, 0.3) is 5.91 Å². The molecule has 2 heterocycles. The number of fused-ring (bicyclic) bond motifs is 1. The van der Waals surface area contributed by atoms with Crippen molar-refractivity contribution in [1.82, 2.24) is 20.0 Å². The topological polar surface area (TPSA) is 69.3 Å². The molecule has 4 rings (SSSR count).